The molecule has 0 bridgehead atoms. The lowest BCUT2D eigenvalue weighted by Gasteiger charge is -2.09. The van der Waals surface area contributed by atoms with E-state index in [-0.39, 0.29) is 0 Å². The molecule has 0 aliphatic heterocycles. The van der Waals surface area contributed by atoms with Crippen LogP contribution < -0.4 is 0 Å². The Balaban J connectivity index is 2.06. The van der Waals surface area contributed by atoms with Crippen molar-refractivity contribution >= 4 is 14.0 Å². The van der Waals surface area contributed by atoms with Gasteiger partial charge in [0.1, 0.15) is 0 Å². The first-order chi connectivity index (χ1) is 11.1. The first-order valence-electron chi connectivity index (χ1n) is 9.93. The van der Waals surface area contributed by atoms with Crippen LogP contribution in [0.3, 0.4) is 0 Å². The Kier molecular flexibility index (Phi) is 11.1. The van der Waals surface area contributed by atoms with Crippen LogP contribution in [0.5, 0.6) is 0 Å². The van der Waals surface area contributed by atoms with E-state index >= 15 is 0 Å². The maximum atomic E-state index is 4.24. The van der Waals surface area contributed by atoms with Gasteiger partial charge < -0.3 is 0 Å². The molecule has 0 saturated heterocycles. The van der Waals surface area contributed by atoms with E-state index < -0.39 is 8.80 Å². The number of hydrogen-bond acceptors (Lipinski definition) is 0. The summed E-state index contributed by atoms with van der Waals surface area (Å²) >= 11 is 0. The third-order valence-electron chi connectivity index (χ3n) is 4.84. The summed E-state index contributed by atoms with van der Waals surface area (Å²) in [6, 6.07) is 9.18. The van der Waals surface area contributed by atoms with Crippen LogP contribution in [0.1, 0.15) is 82.3 Å². The van der Waals surface area contributed by atoms with Gasteiger partial charge in [-0.25, -0.2) is 0 Å². The average Bonchev–Trinajstić information content (AvgIpc) is 2.56. The highest BCUT2D eigenvalue weighted by Gasteiger charge is 2.04. The molecule has 0 aliphatic carbocycles. The second kappa shape index (κ2) is 12.6. The fourth-order valence-corrected chi connectivity index (χ4v) is 3.89. The van der Waals surface area contributed by atoms with Gasteiger partial charge in [-0.3, -0.25) is 0 Å². The van der Waals surface area contributed by atoms with Crippen molar-refractivity contribution < 1.29 is 0 Å². The van der Waals surface area contributed by atoms with E-state index in [0.717, 1.165) is 0 Å². The molecule has 0 nitrogen and oxygen atoms in total. The van der Waals surface area contributed by atoms with Gasteiger partial charge in [0.25, 0.3) is 0 Å². The molecular formula is C22H38Si. The van der Waals surface area contributed by atoms with E-state index in [1.54, 1.807) is 0 Å². The third kappa shape index (κ3) is 9.15. The smallest absolute Gasteiger partial charge is 0.0647 e. The van der Waals surface area contributed by atoms with Crippen molar-refractivity contribution in [2.24, 2.45) is 0 Å². The van der Waals surface area contributed by atoms with Crippen LogP contribution in [0, 0.1) is 0 Å². The maximum Gasteiger partial charge on any atom is 0.0647 e. The van der Waals surface area contributed by atoms with Crippen molar-refractivity contribution in [1.82, 2.24) is 0 Å². The van der Waals surface area contributed by atoms with Crippen molar-refractivity contribution in [2.45, 2.75) is 90.6 Å². The number of hydrogen-bond donors (Lipinski definition) is 0. The monoisotopic (exact) mass is 330 g/mol. The van der Waals surface area contributed by atoms with Crippen LogP contribution >= 0.6 is 0 Å². The summed E-state index contributed by atoms with van der Waals surface area (Å²) < 4.78 is 0. The fourth-order valence-electron chi connectivity index (χ4n) is 3.04. The molecule has 0 radical (unpaired) electrons. The molecule has 0 aromatic heterocycles. The van der Waals surface area contributed by atoms with Crippen LogP contribution in [0.2, 0.25) is 13.1 Å². The highest BCUT2D eigenvalue weighted by molar-refractivity contribution is 6.76. The van der Waals surface area contributed by atoms with E-state index in [9.17, 15) is 0 Å². The van der Waals surface area contributed by atoms with Crippen molar-refractivity contribution in [3.63, 3.8) is 0 Å². The first kappa shape index (κ1) is 20.2. The number of aryl methyl sites for hydroxylation is 1. The van der Waals surface area contributed by atoms with Crippen molar-refractivity contribution in [1.29, 1.82) is 0 Å². The highest BCUT2D eigenvalue weighted by Crippen LogP contribution is 2.18. The van der Waals surface area contributed by atoms with Gasteiger partial charge in [0.05, 0.1) is 8.80 Å². The van der Waals surface area contributed by atoms with Gasteiger partial charge in [-0.1, -0.05) is 114 Å². The molecule has 0 fully saturated rings. The van der Waals surface area contributed by atoms with E-state index in [4.69, 9.17) is 0 Å². The Morgan fingerprint density at radius 2 is 1.26 bits per heavy atom. The SMILES string of the molecule is C=C(c1ccc(CCCCCCCCCCCC)cc1)[SiH](C)C. The number of benzene rings is 1. The lowest BCUT2D eigenvalue weighted by atomic mass is 10.0. The Bertz CT molecular complexity index is 416. The first-order valence-corrected chi connectivity index (χ1v) is 12.8. The quantitative estimate of drug-likeness (QED) is 0.265. The van der Waals surface area contributed by atoms with Gasteiger partial charge >= 0.3 is 0 Å². The summed E-state index contributed by atoms with van der Waals surface area (Å²) in [6.45, 7) is 11.2. The third-order valence-corrected chi connectivity index (χ3v) is 6.57. The van der Waals surface area contributed by atoms with Gasteiger partial charge in [0, 0.05) is 0 Å². The number of unbranched alkanes of at least 4 members (excludes halogenated alkanes) is 9. The molecule has 130 valence electrons. The van der Waals surface area contributed by atoms with Crippen LogP contribution in [0.15, 0.2) is 30.8 Å². The molecule has 0 unspecified atom stereocenters. The molecule has 0 aliphatic rings. The summed E-state index contributed by atoms with van der Waals surface area (Å²) in [5.74, 6) is 0. The van der Waals surface area contributed by atoms with Gasteiger partial charge in [-0.2, -0.15) is 0 Å². The topological polar surface area (TPSA) is 0 Å². The standard InChI is InChI=1S/C22H38Si/c1-5-6-7-8-9-10-11-12-13-14-15-21-16-18-22(19-17-21)20(2)23(3)4/h16-19,23H,2,5-15H2,1,3-4H3. The van der Waals surface area contributed by atoms with Crippen LogP contribution in [-0.2, 0) is 6.42 Å². The van der Waals surface area contributed by atoms with Crippen LogP contribution in [0.4, 0.5) is 0 Å². The molecule has 1 heteroatoms. The zero-order valence-corrected chi connectivity index (χ0v) is 17.0. The Morgan fingerprint density at radius 3 is 1.74 bits per heavy atom. The summed E-state index contributed by atoms with van der Waals surface area (Å²) in [6.07, 6.45) is 15.4. The van der Waals surface area contributed by atoms with E-state index in [1.165, 1.54) is 87.0 Å². The summed E-state index contributed by atoms with van der Waals surface area (Å²) in [5, 5.41) is 1.38. The molecule has 0 atom stereocenters. The summed E-state index contributed by atoms with van der Waals surface area (Å²) in [4.78, 5) is 0. The molecular weight excluding hydrogens is 292 g/mol. The van der Waals surface area contributed by atoms with Gasteiger partial charge in [-0.15, -0.1) is 0 Å². The van der Waals surface area contributed by atoms with Gasteiger partial charge in [-0.05, 0) is 24.0 Å². The lowest BCUT2D eigenvalue weighted by Crippen LogP contribution is -2.03. The molecule has 0 amide bonds. The van der Waals surface area contributed by atoms with Crippen molar-refractivity contribution in [3.05, 3.63) is 42.0 Å². The maximum absolute atomic E-state index is 4.24. The molecule has 0 N–H and O–H groups in total. The van der Waals surface area contributed by atoms with Crippen molar-refractivity contribution in [3.8, 4) is 0 Å². The minimum atomic E-state index is -0.750. The average molecular weight is 331 g/mol. The van der Waals surface area contributed by atoms with Gasteiger partial charge in [0.2, 0.25) is 0 Å². The Hall–Kier alpha value is -0.823. The number of rotatable bonds is 13. The molecule has 1 aromatic carbocycles. The van der Waals surface area contributed by atoms with E-state index in [1.807, 2.05) is 0 Å². The molecule has 1 rings (SSSR count). The molecule has 0 spiro atoms. The predicted molar refractivity (Wildman–Crippen MR) is 110 cm³/mol. The minimum absolute atomic E-state index is 0.750. The normalized spacial score (nSPS) is 11.1. The van der Waals surface area contributed by atoms with Crippen LogP contribution in [0.25, 0.3) is 5.20 Å². The minimum Gasteiger partial charge on any atom is -0.0996 e. The van der Waals surface area contributed by atoms with Crippen LogP contribution in [-0.4, -0.2) is 8.80 Å². The summed E-state index contributed by atoms with van der Waals surface area (Å²) in [7, 11) is -0.750. The second-order valence-corrected chi connectivity index (χ2v) is 10.3. The van der Waals surface area contributed by atoms with E-state index in [0.29, 0.717) is 0 Å². The Labute approximate surface area is 147 Å². The second-order valence-electron chi connectivity index (χ2n) is 7.31. The summed E-state index contributed by atoms with van der Waals surface area (Å²) in [5.41, 5.74) is 2.85. The Morgan fingerprint density at radius 1 is 0.783 bits per heavy atom. The molecule has 0 saturated carbocycles. The van der Waals surface area contributed by atoms with Gasteiger partial charge in [0.15, 0.2) is 0 Å². The van der Waals surface area contributed by atoms with Crippen molar-refractivity contribution in [2.75, 3.05) is 0 Å². The molecule has 1 aromatic rings. The molecule has 0 heterocycles. The fraction of sp³-hybridized carbons (Fsp3) is 0.636. The zero-order chi connectivity index (χ0) is 16.9. The zero-order valence-electron chi connectivity index (χ0n) is 15.9. The van der Waals surface area contributed by atoms with E-state index in [2.05, 4.69) is 50.9 Å². The molecule has 23 heavy (non-hydrogen) atoms. The largest absolute Gasteiger partial charge is 0.0996 e. The predicted octanol–water partition coefficient (Wildman–Crippen LogP) is 7.19. The lowest BCUT2D eigenvalue weighted by molar-refractivity contribution is 0.556. The highest BCUT2D eigenvalue weighted by atomic mass is 28.3.